The number of nitrogens with zero attached hydrogens (tertiary/aromatic N) is 2. The molecule has 0 bridgehead atoms. The Morgan fingerprint density at radius 3 is 2.29 bits per heavy atom. The summed E-state index contributed by atoms with van der Waals surface area (Å²) in [5.41, 5.74) is 1.19. The molecule has 128 valence electrons. The largest absolute Gasteiger partial charge is 0.296 e. The summed E-state index contributed by atoms with van der Waals surface area (Å²) in [6.07, 6.45) is 0. The Morgan fingerprint density at radius 1 is 0.958 bits per heavy atom. The van der Waals surface area contributed by atoms with Crippen LogP contribution in [0.25, 0.3) is 0 Å². The van der Waals surface area contributed by atoms with Crippen molar-refractivity contribution >= 4 is 21.6 Å². The molecule has 2 aromatic rings. The van der Waals surface area contributed by atoms with Crippen molar-refractivity contribution in [3.63, 3.8) is 0 Å². The molecule has 0 saturated carbocycles. The molecule has 1 heterocycles. The van der Waals surface area contributed by atoms with Crippen molar-refractivity contribution < 1.29 is 12.8 Å². The maximum Gasteiger partial charge on any atom is 0.246 e. The molecule has 1 aliphatic heterocycles. The Balaban J connectivity index is 1.69. The fourth-order valence-electron chi connectivity index (χ4n) is 2.79. The summed E-state index contributed by atoms with van der Waals surface area (Å²) in [7, 11) is -3.86. The summed E-state index contributed by atoms with van der Waals surface area (Å²) < 4.78 is 40.7. The summed E-state index contributed by atoms with van der Waals surface area (Å²) in [6, 6.07) is 14.1. The van der Waals surface area contributed by atoms with Gasteiger partial charge in [0.1, 0.15) is 4.90 Å². The van der Waals surface area contributed by atoms with E-state index in [0.29, 0.717) is 26.2 Å². The Bertz CT molecular complexity index is 807. The number of benzene rings is 2. The van der Waals surface area contributed by atoms with Gasteiger partial charge in [0.2, 0.25) is 10.0 Å². The fraction of sp³-hybridized carbons (Fsp3) is 0.294. The van der Waals surface area contributed by atoms with E-state index in [1.807, 2.05) is 30.3 Å². The van der Waals surface area contributed by atoms with Crippen LogP contribution in [0, 0.1) is 5.82 Å². The van der Waals surface area contributed by atoms with Crippen molar-refractivity contribution in [1.82, 2.24) is 9.21 Å². The van der Waals surface area contributed by atoms with Crippen molar-refractivity contribution in [2.45, 2.75) is 11.4 Å². The standard InChI is InChI=1S/C17H18ClFN2O2S/c18-15-7-4-8-16(17(15)19)24(22,23)21-11-9-20(10-12-21)13-14-5-2-1-3-6-14/h1-8H,9-13H2. The SMILES string of the molecule is O=S(=O)(c1cccc(Cl)c1F)N1CCN(Cc2ccccc2)CC1. The molecule has 0 aliphatic carbocycles. The third kappa shape index (κ3) is 3.62. The molecule has 0 aromatic heterocycles. The van der Waals surface area contributed by atoms with Crippen molar-refractivity contribution in [1.29, 1.82) is 0 Å². The van der Waals surface area contributed by atoms with E-state index in [4.69, 9.17) is 11.6 Å². The maximum atomic E-state index is 14.1. The van der Waals surface area contributed by atoms with E-state index in [0.717, 1.165) is 6.54 Å². The first-order chi connectivity index (χ1) is 11.5. The summed E-state index contributed by atoms with van der Waals surface area (Å²) in [5.74, 6) is -0.883. The lowest BCUT2D eigenvalue weighted by atomic mass is 10.2. The zero-order valence-corrected chi connectivity index (χ0v) is 14.6. The highest BCUT2D eigenvalue weighted by Gasteiger charge is 2.31. The molecule has 1 fully saturated rings. The van der Waals surface area contributed by atoms with E-state index < -0.39 is 15.8 Å². The van der Waals surface area contributed by atoms with Crippen LogP contribution in [0.5, 0.6) is 0 Å². The van der Waals surface area contributed by atoms with Crippen LogP contribution in [0.4, 0.5) is 4.39 Å². The molecule has 1 saturated heterocycles. The predicted molar refractivity (Wildman–Crippen MR) is 91.9 cm³/mol. The number of rotatable bonds is 4. The second-order valence-corrected chi connectivity index (χ2v) is 8.03. The molecular formula is C17H18ClFN2O2S. The summed E-state index contributed by atoms with van der Waals surface area (Å²) in [4.78, 5) is 1.84. The summed E-state index contributed by atoms with van der Waals surface area (Å²) in [5, 5.41) is -0.182. The van der Waals surface area contributed by atoms with Gasteiger partial charge in [-0.3, -0.25) is 4.90 Å². The van der Waals surface area contributed by atoms with E-state index in [1.165, 1.54) is 28.1 Å². The molecule has 7 heteroatoms. The van der Waals surface area contributed by atoms with Gasteiger partial charge in [0.25, 0.3) is 0 Å². The molecule has 0 atom stereocenters. The van der Waals surface area contributed by atoms with Crippen LogP contribution in [0.2, 0.25) is 5.02 Å². The molecule has 0 unspecified atom stereocenters. The predicted octanol–water partition coefficient (Wildman–Crippen LogP) is 2.99. The highest BCUT2D eigenvalue weighted by atomic mass is 35.5. The minimum absolute atomic E-state index is 0.182. The molecule has 0 spiro atoms. The van der Waals surface area contributed by atoms with Gasteiger partial charge in [0.15, 0.2) is 5.82 Å². The smallest absolute Gasteiger partial charge is 0.246 e. The first-order valence-corrected chi connectivity index (χ1v) is 9.51. The van der Waals surface area contributed by atoms with Crippen LogP contribution in [0.3, 0.4) is 0 Å². The van der Waals surface area contributed by atoms with Crippen molar-refractivity contribution in [3.05, 3.63) is 64.9 Å². The molecular weight excluding hydrogens is 351 g/mol. The van der Waals surface area contributed by atoms with Crippen molar-refractivity contribution in [2.24, 2.45) is 0 Å². The van der Waals surface area contributed by atoms with Gasteiger partial charge >= 0.3 is 0 Å². The van der Waals surface area contributed by atoms with E-state index in [1.54, 1.807) is 0 Å². The van der Waals surface area contributed by atoms with E-state index in [2.05, 4.69) is 4.90 Å². The van der Waals surface area contributed by atoms with Crippen LogP contribution in [0.15, 0.2) is 53.4 Å². The third-order valence-electron chi connectivity index (χ3n) is 4.11. The van der Waals surface area contributed by atoms with Crippen molar-refractivity contribution in [2.75, 3.05) is 26.2 Å². The molecule has 3 rings (SSSR count). The third-order valence-corrected chi connectivity index (χ3v) is 6.32. The molecule has 24 heavy (non-hydrogen) atoms. The van der Waals surface area contributed by atoms with Gasteiger partial charge in [-0.2, -0.15) is 4.31 Å². The number of sulfonamides is 1. The average molecular weight is 369 g/mol. The second kappa shape index (κ2) is 7.19. The van der Waals surface area contributed by atoms with Crippen molar-refractivity contribution in [3.8, 4) is 0 Å². The van der Waals surface area contributed by atoms with Crippen LogP contribution in [-0.4, -0.2) is 43.8 Å². The van der Waals surface area contributed by atoms with Gasteiger partial charge in [0.05, 0.1) is 5.02 Å². The first-order valence-electron chi connectivity index (χ1n) is 7.69. The van der Waals surface area contributed by atoms with Gasteiger partial charge in [-0.15, -0.1) is 0 Å². The lowest BCUT2D eigenvalue weighted by Gasteiger charge is -2.34. The lowest BCUT2D eigenvalue weighted by Crippen LogP contribution is -2.48. The number of hydrogen-bond donors (Lipinski definition) is 0. The highest BCUT2D eigenvalue weighted by molar-refractivity contribution is 7.89. The Morgan fingerprint density at radius 2 is 1.62 bits per heavy atom. The van der Waals surface area contributed by atoms with Gasteiger partial charge < -0.3 is 0 Å². The molecule has 2 aromatic carbocycles. The van der Waals surface area contributed by atoms with Gasteiger partial charge in [-0.1, -0.05) is 48.0 Å². The number of halogens is 2. The number of piperazine rings is 1. The summed E-state index contributed by atoms with van der Waals surface area (Å²) >= 11 is 5.71. The van der Waals surface area contributed by atoms with E-state index >= 15 is 0 Å². The topological polar surface area (TPSA) is 40.6 Å². The minimum Gasteiger partial charge on any atom is -0.296 e. The Labute approximate surface area is 146 Å². The normalized spacial score (nSPS) is 17.1. The quantitative estimate of drug-likeness (QED) is 0.833. The second-order valence-electron chi connectivity index (χ2n) is 5.72. The first kappa shape index (κ1) is 17.4. The Hall–Kier alpha value is -1.47. The Kier molecular flexibility index (Phi) is 5.20. The fourth-order valence-corrected chi connectivity index (χ4v) is 4.53. The molecule has 0 amide bonds. The van der Waals surface area contributed by atoms with Crippen LogP contribution < -0.4 is 0 Å². The molecule has 4 nitrogen and oxygen atoms in total. The summed E-state index contributed by atoms with van der Waals surface area (Å²) in [6.45, 7) is 2.66. The highest BCUT2D eigenvalue weighted by Crippen LogP contribution is 2.25. The van der Waals surface area contributed by atoms with E-state index in [-0.39, 0.29) is 9.92 Å². The molecule has 0 N–H and O–H groups in total. The van der Waals surface area contributed by atoms with Gasteiger partial charge in [-0.05, 0) is 17.7 Å². The molecule has 0 radical (unpaired) electrons. The van der Waals surface area contributed by atoms with E-state index in [9.17, 15) is 12.8 Å². The monoisotopic (exact) mass is 368 g/mol. The average Bonchev–Trinajstić information content (AvgIpc) is 2.58. The maximum absolute atomic E-state index is 14.1. The zero-order valence-electron chi connectivity index (χ0n) is 13.0. The minimum atomic E-state index is -3.86. The van der Waals surface area contributed by atoms with Crippen LogP contribution >= 0.6 is 11.6 Å². The molecule has 1 aliphatic rings. The zero-order chi connectivity index (χ0) is 17.2. The number of hydrogen-bond acceptors (Lipinski definition) is 3. The van der Waals surface area contributed by atoms with Gasteiger partial charge in [-0.25, -0.2) is 12.8 Å². The van der Waals surface area contributed by atoms with Crippen LogP contribution in [-0.2, 0) is 16.6 Å². The van der Waals surface area contributed by atoms with Gasteiger partial charge in [0, 0.05) is 32.7 Å². The lowest BCUT2D eigenvalue weighted by molar-refractivity contribution is 0.181. The van der Waals surface area contributed by atoms with Crippen LogP contribution in [0.1, 0.15) is 5.56 Å².